The van der Waals surface area contributed by atoms with Gasteiger partial charge >= 0.3 is 0 Å². The second-order valence-corrected chi connectivity index (χ2v) is 16.6. The lowest BCUT2D eigenvalue weighted by molar-refractivity contribution is 1.28. The van der Waals surface area contributed by atoms with E-state index in [9.17, 15) is 0 Å². The molecule has 0 heterocycles. The highest BCUT2D eigenvalue weighted by molar-refractivity contribution is 6.08. The maximum Gasteiger partial charge on any atom is 0.0462 e. The van der Waals surface area contributed by atoms with Crippen LogP contribution in [0, 0.1) is 0 Å². The van der Waals surface area contributed by atoms with E-state index >= 15 is 0 Å². The van der Waals surface area contributed by atoms with Gasteiger partial charge in [0.1, 0.15) is 0 Å². The maximum atomic E-state index is 2.32. The third-order valence-electron chi connectivity index (χ3n) is 12.4. The Bertz CT molecular complexity index is 3430. The maximum absolute atomic E-state index is 2.32. The zero-order valence-corrected chi connectivity index (χ0v) is 36.5. The van der Waals surface area contributed by atoms with Gasteiger partial charge in [0.15, 0.2) is 0 Å². The summed E-state index contributed by atoms with van der Waals surface area (Å²) in [5, 5.41) is 7.53. The molecule has 0 radical (unpaired) electrons. The number of para-hydroxylation sites is 2. The molecule has 0 atom stereocenters. The average Bonchev–Trinajstić information content (AvgIpc) is 3.39. The standard InChI is InChI=1S/C64H46N2/c1-3-17-56(18-4-1)65(58-36-26-47(27-37-58)23-24-49-25-31-50-13-7-8-14-53(50)45-49)60-40-32-51(33-41-60)52-34-42-61(43-35-52)66(57-19-5-2-6-20-57)59-38-28-48(29-39-59)30-44-64-62-21-11-9-15-54(62)46-55-16-10-12-22-63(55)64/h1-46H/b24-23-,44-30+. The molecule has 2 heteroatoms. The summed E-state index contributed by atoms with van der Waals surface area (Å²) in [6, 6.07) is 91.3. The van der Waals surface area contributed by atoms with Crippen LogP contribution in [0.1, 0.15) is 22.3 Å². The molecule has 0 bridgehead atoms. The Labute approximate surface area is 386 Å². The van der Waals surface area contributed by atoms with Crippen molar-refractivity contribution in [1.82, 2.24) is 0 Å². The molecule has 0 spiro atoms. The van der Waals surface area contributed by atoms with Crippen molar-refractivity contribution in [1.29, 1.82) is 0 Å². The van der Waals surface area contributed by atoms with Crippen LogP contribution >= 0.6 is 0 Å². The van der Waals surface area contributed by atoms with Gasteiger partial charge in [-0.15, -0.1) is 0 Å². The quantitative estimate of drug-likeness (QED) is 0.0945. The minimum atomic E-state index is 1.10. The van der Waals surface area contributed by atoms with E-state index < -0.39 is 0 Å². The van der Waals surface area contributed by atoms with Crippen LogP contribution in [0.3, 0.4) is 0 Å². The van der Waals surface area contributed by atoms with Crippen molar-refractivity contribution in [3.05, 3.63) is 277 Å². The van der Waals surface area contributed by atoms with Gasteiger partial charge < -0.3 is 9.80 Å². The minimum absolute atomic E-state index is 1.10. The number of hydrogen-bond acceptors (Lipinski definition) is 2. The molecule has 0 aromatic heterocycles. The highest BCUT2D eigenvalue weighted by atomic mass is 15.1. The molecule has 0 saturated heterocycles. The van der Waals surface area contributed by atoms with Gasteiger partial charge in [-0.1, -0.05) is 194 Å². The molecule has 0 amide bonds. The van der Waals surface area contributed by atoms with Crippen molar-refractivity contribution in [2.75, 3.05) is 9.80 Å². The third kappa shape index (κ3) is 8.40. The summed E-state index contributed by atoms with van der Waals surface area (Å²) in [6.45, 7) is 0. The molecule has 0 aliphatic carbocycles. The highest BCUT2D eigenvalue weighted by Crippen LogP contribution is 2.39. The van der Waals surface area contributed by atoms with Crippen molar-refractivity contribution in [3.63, 3.8) is 0 Å². The third-order valence-corrected chi connectivity index (χ3v) is 12.4. The molecule has 0 N–H and O–H groups in total. The number of fused-ring (bicyclic) bond motifs is 3. The fourth-order valence-corrected chi connectivity index (χ4v) is 9.04. The fourth-order valence-electron chi connectivity index (χ4n) is 9.04. The van der Waals surface area contributed by atoms with Crippen LogP contribution in [0.25, 0.3) is 67.7 Å². The Hall–Kier alpha value is -8.72. The number of nitrogens with zero attached hydrogens (tertiary/aromatic N) is 2. The molecule has 11 aromatic carbocycles. The van der Waals surface area contributed by atoms with E-state index in [0.717, 1.165) is 56.4 Å². The zero-order chi connectivity index (χ0) is 44.1. The topological polar surface area (TPSA) is 6.48 Å². The van der Waals surface area contributed by atoms with Crippen LogP contribution in [0.15, 0.2) is 255 Å². The van der Waals surface area contributed by atoms with Gasteiger partial charge in [-0.3, -0.25) is 0 Å². The molecule has 11 aromatic rings. The fraction of sp³-hybridized carbons (Fsp3) is 0. The van der Waals surface area contributed by atoms with Gasteiger partial charge in [-0.25, -0.2) is 0 Å². The molecular formula is C64H46N2. The molecule has 0 aliphatic heterocycles. The molecule has 0 fully saturated rings. The Morgan fingerprint density at radius 3 is 1.06 bits per heavy atom. The molecular weight excluding hydrogens is 797 g/mol. The highest BCUT2D eigenvalue weighted by Gasteiger charge is 2.15. The van der Waals surface area contributed by atoms with Gasteiger partial charge in [-0.05, 0) is 151 Å². The Morgan fingerprint density at radius 2 is 0.576 bits per heavy atom. The SMILES string of the molecule is C(=C/c1ccc2ccccc2c1)/c1ccc(N(c2ccccc2)c2ccc(-c3ccc(N(c4ccccc4)c4ccc(/C=C/c5c6ccccc6cc6ccccc56)cc4)cc3)cc2)cc1. The Morgan fingerprint density at radius 1 is 0.227 bits per heavy atom. The molecule has 66 heavy (non-hydrogen) atoms. The van der Waals surface area contributed by atoms with Crippen LogP contribution in [0.4, 0.5) is 34.1 Å². The molecule has 0 aliphatic rings. The summed E-state index contributed by atoms with van der Waals surface area (Å²) < 4.78 is 0. The van der Waals surface area contributed by atoms with E-state index in [2.05, 4.69) is 289 Å². The van der Waals surface area contributed by atoms with E-state index in [-0.39, 0.29) is 0 Å². The zero-order valence-electron chi connectivity index (χ0n) is 36.5. The number of anilines is 6. The van der Waals surface area contributed by atoms with Gasteiger partial charge in [-0.2, -0.15) is 0 Å². The lowest BCUT2D eigenvalue weighted by Gasteiger charge is -2.26. The van der Waals surface area contributed by atoms with E-state index in [1.807, 2.05) is 0 Å². The molecule has 312 valence electrons. The Kier molecular flexibility index (Phi) is 11.0. The Balaban J connectivity index is 0.837. The predicted octanol–water partition coefficient (Wildman–Crippen LogP) is 18.1. The lowest BCUT2D eigenvalue weighted by Crippen LogP contribution is -2.10. The van der Waals surface area contributed by atoms with Crippen molar-refractivity contribution in [3.8, 4) is 11.1 Å². The van der Waals surface area contributed by atoms with Crippen molar-refractivity contribution >= 4 is 90.7 Å². The number of hydrogen-bond donors (Lipinski definition) is 0. The van der Waals surface area contributed by atoms with Crippen LogP contribution in [0.2, 0.25) is 0 Å². The summed E-state index contributed by atoms with van der Waals surface area (Å²) in [4.78, 5) is 4.63. The summed E-state index contributed by atoms with van der Waals surface area (Å²) in [5.74, 6) is 0. The first kappa shape index (κ1) is 40.1. The second-order valence-electron chi connectivity index (χ2n) is 16.6. The van der Waals surface area contributed by atoms with Crippen molar-refractivity contribution in [2.24, 2.45) is 0 Å². The number of benzene rings is 11. The second kappa shape index (κ2) is 18.2. The average molecular weight is 843 g/mol. The minimum Gasteiger partial charge on any atom is -0.311 e. The first-order chi connectivity index (χ1) is 32.7. The van der Waals surface area contributed by atoms with Crippen LogP contribution in [0.5, 0.6) is 0 Å². The van der Waals surface area contributed by atoms with Gasteiger partial charge in [0.05, 0.1) is 0 Å². The predicted molar refractivity (Wildman–Crippen MR) is 285 cm³/mol. The molecule has 11 rings (SSSR count). The van der Waals surface area contributed by atoms with Crippen LogP contribution < -0.4 is 9.80 Å². The molecule has 0 unspecified atom stereocenters. The van der Waals surface area contributed by atoms with E-state index in [4.69, 9.17) is 0 Å². The molecule has 2 nitrogen and oxygen atoms in total. The monoisotopic (exact) mass is 842 g/mol. The smallest absolute Gasteiger partial charge is 0.0462 e. The van der Waals surface area contributed by atoms with Gasteiger partial charge in [0, 0.05) is 34.1 Å². The number of rotatable bonds is 11. The van der Waals surface area contributed by atoms with Crippen molar-refractivity contribution in [2.45, 2.75) is 0 Å². The largest absolute Gasteiger partial charge is 0.311 e. The summed E-state index contributed by atoms with van der Waals surface area (Å²) in [5.41, 5.74) is 13.7. The molecule has 0 saturated carbocycles. The van der Waals surface area contributed by atoms with E-state index in [1.54, 1.807) is 0 Å². The van der Waals surface area contributed by atoms with E-state index in [0.29, 0.717) is 0 Å². The normalized spacial score (nSPS) is 11.5. The first-order valence-corrected chi connectivity index (χ1v) is 22.6. The van der Waals surface area contributed by atoms with Crippen LogP contribution in [-0.2, 0) is 0 Å². The lowest BCUT2D eigenvalue weighted by atomic mass is 9.96. The van der Waals surface area contributed by atoms with Gasteiger partial charge in [0.2, 0.25) is 0 Å². The summed E-state index contributed by atoms with van der Waals surface area (Å²) in [6.07, 6.45) is 8.87. The van der Waals surface area contributed by atoms with E-state index in [1.165, 1.54) is 43.4 Å². The van der Waals surface area contributed by atoms with Crippen molar-refractivity contribution < 1.29 is 0 Å². The first-order valence-electron chi connectivity index (χ1n) is 22.6. The van der Waals surface area contributed by atoms with Gasteiger partial charge in [0.25, 0.3) is 0 Å². The van der Waals surface area contributed by atoms with Crippen LogP contribution in [-0.4, -0.2) is 0 Å². The summed E-state index contributed by atoms with van der Waals surface area (Å²) in [7, 11) is 0. The summed E-state index contributed by atoms with van der Waals surface area (Å²) >= 11 is 0.